The summed E-state index contributed by atoms with van der Waals surface area (Å²) in [7, 11) is 0. The molecule has 0 unspecified atom stereocenters. The fourth-order valence-electron chi connectivity index (χ4n) is 2.00. The minimum absolute atomic E-state index is 0.0697. The van der Waals surface area contributed by atoms with Crippen molar-refractivity contribution in [3.63, 3.8) is 0 Å². The maximum absolute atomic E-state index is 11.9. The molecule has 1 N–H and O–H groups in total. The van der Waals surface area contributed by atoms with Gasteiger partial charge in [0.05, 0.1) is 6.54 Å². The van der Waals surface area contributed by atoms with E-state index in [2.05, 4.69) is 5.32 Å². The van der Waals surface area contributed by atoms with E-state index < -0.39 is 17.7 Å². The summed E-state index contributed by atoms with van der Waals surface area (Å²) in [6.07, 6.45) is -0.546. The van der Waals surface area contributed by atoms with Crippen LogP contribution in [0.25, 0.3) is 0 Å². The number of likely N-dealkylation sites (tertiary alicyclic amines) is 1. The minimum Gasteiger partial charge on any atom is -0.444 e. The van der Waals surface area contributed by atoms with E-state index in [0.717, 1.165) is 5.56 Å². The Labute approximate surface area is 118 Å². The van der Waals surface area contributed by atoms with E-state index in [9.17, 15) is 9.59 Å². The van der Waals surface area contributed by atoms with Gasteiger partial charge < -0.3 is 15.0 Å². The van der Waals surface area contributed by atoms with Gasteiger partial charge in [-0.05, 0) is 26.3 Å². The predicted octanol–water partition coefficient (Wildman–Crippen LogP) is 1.92. The summed E-state index contributed by atoms with van der Waals surface area (Å²) < 4.78 is 5.13. The molecule has 0 saturated carbocycles. The van der Waals surface area contributed by atoms with Crippen LogP contribution < -0.4 is 5.32 Å². The van der Waals surface area contributed by atoms with Gasteiger partial charge in [-0.1, -0.05) is 30.3 Å². The van der Waals surface area contributed by atoms with Crippen molar-refractivity contribution in [3.8, 4) is 0 Å². The zero-order valence-electron chi connectivity index (χ0n) is 12.1. The van der Waals surface area contributed by atoms with Gasteiger partial charge in [-0.15, -0.1) is 0 Å². The molecule has 2 rings (SSSR count). The molecule has 1 aromatic rings. The molecular weight excluding hydrogens is 256 g/mol. The minimum atomic E-state index is -0.555. The molecule has 1 aliphatic rings. The summed E-state index contributed by atoms with van der Waals surface area (Å²) in [5.74, 6) is -0.0697. The number of rotatable bonds is 3. The Morgan fingerprint density at radius 3 is 2.55 bits per heavy atom. The summed E-state index contributed by atoms with van der Waals surface area (Å²) in [4.78, 5) is 25.2. The molecule has 1 fully saturated rings. The number of nitrogens with zero attached hydrogens (tertiary/aromatic N) is 1. The lowest BCUT2D eigenvalue weighted by atomic mass is 10.1. The number of carbonyl (C=O) groups is 2. The lowest BCUT2D eigenvalue weighted by Crippen LogP contribution is -2.63. The Morgan fingerprint density at radius 2 is 2.00 bits per heavy atom. The first kappa shape index (κ1) is 14.4. The van der Waals surface area contributed by atoms with Crippen LogP contribution in [-0.4, -0.2) is 35.1 Å². The van der Waals surface area contributed by atoms with Crippen molar-refractivity contribution in [2.24, 2.45) is 0 Å². The van der Waals surface area contributed by atoms with Gasteiger partial charge in [0.2, 0.25) is 5.91 Å². The third-order valence-corrected chi connectivity index (χ3v) is 2.92. The molecule has 0 radical (unpaired) electrons. The summed E-state index contributed by atoms with van der Waals surface area (Å²) in [6.45, 7) is 6.46. The third kappa shape index (κ3) is 3.73. The molecule has 1 saturated heterocycles. The van der Waals surface area contributed by atoms with Crippen molar-refractivity contribution >= 4 is 12.0 Å². The molecule has 5 heteroatoms. The van der Waals surface area contributed by atoms with Gasteiger partial charge in [-0.2, -0.15) is 0 Å². The van der Waals surface area contributed by atoms with E-state index >= 15 is 0 Å². The quantitative estimate of drug-likeness (QED) is 0.858. The molecule has 1 aromatic carbocycles. The van der Waals surface area contributed by atoms with E-state index in [1.54, 1.807) is 25.7 Å². The van der Waals surface area contributed by atoms with E-state index in [1.165, 1.54) is 0 Å². The van der Waals surface area contributed by atoms with Crippen LogP contribution in [0.1, 0.15) is 26.3 Å². The van der Waals surface area contributed by atoms with Crippen LogP contribution in [0.5, 0.6) is 0 Å². The molecule has 0 bridgehead atoms. The highest BCUT2D eigenvalue weighted by molar-refractivity contribution is 5.91. The Hall–Kier alpha value is -2.04. The van der Waals surface area contributed by atoms with Gasteiger partial charge in [0.25, 0.3) is 0 Å². The van der Waals surface area contributed by atoms with Gasteiger partial charge in [0.1, 0.15) is 11.6 Å². The average Bonchev–Trinajstić information content (AvgIpc) is 2.36. The van der Waals surface area contributed by atoms with Crippen LogP contribution in [0.15, 0.2) is 30.3 Å². The number of β-lactam (4-membered cyclic amide) rings is 1. The second-order valence-electron chi connectivity index (χ2n) is 5.90. The van der Waals surface area contributed by atoms with Crippen LogP contribution in [0.2, 0.25) is 0 Å². The molecule has 108 valence electrons. The molecule has 0 aromatic heterocycles. The highest BCUT2D eigenvalue weighted by Crippen LogP contribution is 2.15. The van der Waals surface area contributed by atoms with Crippen molar-refractivity contribution in [2.75, 3.05) is 6.54 Å². The summed E-state index contributed by atoms with van der Waals surface area (Å²) in [5.41, 5.74) is 0.525. The molecule has 5 nitrogen and oxygen atoms in total. The Balaban J connectivity index is 1.79. The average molecular weight is 276 g/mol. The molecule has 0 spiro atoms. The van der Waals surface area contributed by atoms with E-state index in [4.69, 9.17) is 4.74 Å². The predicted molar refractivity (Wildman–Crippen MR) is 75.0 cm³/mol. The molecule has 2 amide bonds. The van der Waals surface area contributed by atoms with Gasteiger partial charge >= 0.3 is 6.09 Å². The van der Waals surface area contributed by atoms with Crippen LogP contribution in [0.4, 0.5) is 4.79 Å². The van der Waals surface area contributed by atoms with Crippen molar-refractivity contribution in [1.29, 1.82) is 0 Å². The topological polar surface area (TPSA) is 58.6 Å². The fraction of sp³-hybridized carbons (Fsp3) is 0.467. The monoisotopic (exact) mass is 276 g/mol. The van der Waals surface area contributed by atoms with Crippen molar-refractivity contribution in [3.05, 3.63) is 35.9 Å². The molecular formula is C15H20N2O3. The third-order valence-electron chi connectivity index (χ3n) is 2.92. The molecule has 1 aliphatic heterocycles. The maximum Gasteiger partial charge on any atom is 0.408 e. The normalized spacial score (nSPS) is 18.4. The van der Waals surface area contributed by atoms with Gasteiger partial charge in [-0.3, -0.25) is 4.79 Å². The lowest BCUT2D eigenvalue weighted by Gasteiger charge is -2.38. The number of benzene rings is 1. The largest absolute Gasteiger partial charge is 0.444 e. The highest BCUT2D eigenvalue weighted by atomic mass is 16.6. The Morgan fingerprint density at radius 1 is 1.35 bits per heavy atom. The van der Waals surface area contributed by atoms with Crippen LogP contribution in [-0.2, 0) is 16.1 Å². The number of amides is 2. The van der Waals surface area contributed by atoms with Crippen LogP contribution in [0, 0.1) is 0 Å². The van der Waals surface area contributed by atoms with Crippen molar-refractivity contribution < 1.29 is 14.3 Å². The number of alkyl carbamates (subject to hydrolysis) is 1. The SMILES string of the molecule is CC(C)(C)OC(=O)N[C@@H]1CN(Cc2ccccc2)C1=O. The number of hydrogen-bond acceptors (Lipinski definition) is 3. The van der Waals surface area contributed by atoms with Crippen LogP contribution >= 0.6 is 0 Å². The van der Waals surface area contributed by atoms with Gasteiger partial charge in [-0.25, -0.2) is 4.79 Å². The Kier molecular flexibility index (Phi) is 3.97. The lowest BCUT2D eigenvalue weighted by molar-refractivity contribution is -0.144. The first-order valence-corrected chi connectivity index (χ1v) is 6.67. The van der Waals surface area contributed by atoms with Gasteiger partial charge in [0.15, 0.2) is 0 Å². The summed E-state index contributed by atoms with van der Waals surface area (Å²) >= 11 is 0. The van der Waals surface area contributed by atoms with Crippen molar-refractivity contribution in [2.45, 2.75) is 39.0 Å². The number of carbonyl (C=O) groups excluding carboxylic acids is 2. The molecule has 0 aliphatic carbocycles. The first-order valence-electron chi connectivity index (χ1n) is 6.67. The summed E-state index contributed by atoms with van der Waals surface area (Å²) in [6, 6.07) is 9.30. The molecule has 20 heavy (non-hydrogen) atoms. The number of hydrogen-bond donors (Lipinski definition) is 1. The smallest absolute Gasteiger partial charge is 0.408 e. The zero-order chi connectivity index (χ0) is 14.8. The van der Waals surface area contributed by atoms with E-state index in [0.29, 0.717) is 13.1 Å². The summed E-state index contributed by atoms with van der Waals surface area (Å²) in [5, 5.41) is 2.59. The second kappa shape index (κ2) is 5.53. The van der Waals surface area contributed by atoms with E-state index in [-0.39, 0.29) is 5.91 Å². The van der Waals surface area contributed by atoms with Crippen LogP contribution in [0.3, 0.4) is 0 Å². The van der Waals surface area contributed by atoms with E-state index in [1.807, 2.05) is 30.3 Å². The number of nitrogens with one attached hydrogen (secondary N) is 1. The first-order chi connectivity index (χ1) is 9.35. The Bertz CT molecular complexity index is 494. The highest BCUT2D eigenvalue weighted by Gasteiger charge is 2.38. The van der Waals surface area contributed by atoms with Gasteiger partial charge in [0, 0.05) is 6.54 Å². The molecule has 1 atom stereocenters. The maximum atomic E-state index is 11.9. The fourth-order valence-corrected chi connectivity index (χ4v) is 2.00. The van der Waals surface area contributed by atoms with Crippen molar-refractivity contribution in [1.82, 2.24) is 10.2 Å². The second-order valence-corrected chi connectivity index (χ2v) is 5.90. The standard InChI is InChI=1S/C15H20N2O3/c1-15(2,3)20-14(19)16-12-10-17(13(12)18)9-11-7-5-4-6-8-11/h4-8,12H,9-10H2,1-3H3,(H,16,19)/t12-/m1/s1. The molecule has 1 heterocycles. The number of ether oxygens (including phenoxy) is 1. The zero-order valence-corrected chi connectivity index (χ0v) is 12.1.